The number of benzene rings is 2. The van der Waals surface area contributed by atoms with Gasteiger partial charge in [0.15, 0.2) is 5.11 Å². The Morgan fingerprint density at radius 1 is 1.05 bits per heavy atom. The van der Waals surface area contributed by atoms with Gasteiger partial charge in [0.1, 0.15) is 0 Å². The molecule has 0 aromatic heterocycles. The van der Waals surface area contributed by atoms with E-state index in [1.807, 2.05) is 12.1 Å². The summed E-state index contributed by atoms with van der Waals surface area (Å²) in [4.78, 5) is 0. The van der Waals surface area contributed by atoms with Gasteiger partial charge in [-0.2, -0.15) is 0 Å². The van der Waals surface area contributed by atoms with Crippen molar-refractivity contribution in [1.82, 2.24) is 5.32 Å². The van der Waals surface area contributed by atoms with Crippen LogP contribution in [0.4, 0.5) is 5.69 Å². The topological polar surface area (TPSA) is 24.1 Å². The van der Waals surface area contributed by atoms with Gasteiger partial charge in [0.05, 0.1) is 0 Å². The van der Waals surface area contributed by atoms with Crippen molar-refractivity contribution in [2.45, 2.75) is 20.3 Å². The zero-order valence-electron chi connectivity index (χ0n) is 12.5. The van der Waals surface area contributed by atoms with Crippen LogP contribution in [0.3, 0.4) is 0 Å². The van der Waals surface area contributed by atoms with Crippen LogP contribution in [0.15, 0.2) is 36.4 Å². The molecular formula is C17H18Cl2N2S. The molecule has 0 heterocycles. The summed E-state index contributed by atoms with van der Waals surface area (Å²) in [6.07, 6.45) is 0.782. The summed E-state index contributed by atoms with van der Waals surface area (Å²) >= 11 is 17.4. The molecule has 0 saturated heterocycles. The Hall–Kier alpha value is -1.29. The molecule has 5 heteroatoms. The molecule has 2 aromatic carbocycles. The van der Waals surface area contributed by atoms with Crippen molar-refractivity contribution in [3.63, 3.8) is 0 Å². The molecule has 2 aromatic rings. The number of thiocarbonyl (C=S) groups is 1. The van der Waals surface area contributed by atoms with E-state index in [0.717, 1.165) is 17.7 Å². The fourth-order valence-corrected chi connectivity index (χ4v) is 2.98. The van der Waals surface area contributed by atoms with Crippen molar-refractivity contribution >= 4 is 46.2 Å². The highest BCUT2D eigenvalue weighted by atomic mass is 35.5. The summed E-state index contributed by atoms with van der Waals surface area (Å²) < 4.78 is 0. The van der Waals surface area contributed by atoms with Crippen LogP contribution in [0.5, 0.6) is 0 Å². The largest absolute Gasteiger partial charge is 0.362 e. The maximum atomic E-state index is 6.15. The number of halogens is 2. The summed E-state index contributed by atoms with van der Waals surface area (Å²) in [5.74, 6) is 0. The van der Waals surface area contributed by atoms with Crippen LogP contribution in [0, 0.1) is 13.8 Å². The Morgan fingerprint density at radius 3 is 2.36 bits per heavy atom. The standard InChI is InChI=1S/C17H18Cl2N2S/c1-11-7-12(2)9-15(8-11)21-17(22)20-6-5-13-3-4-14(18)10-16(13)19/h3-4,7-10H,5-6H2,1-2H3,(H2,20,21,22). The quantitative estimate of drug-likeness (QED) is 0.745. The molecule has 0 saturated carbocycles. The van der Waals surface area contributed by atoms with Crippen LogP contribution >= 0.6 is 35.4 Å². The molecule has 0 amide bonds. The second-order valence-corrected chi connectivity index (χ2v) is 6.49. The normalized spacial score (nSPS) is 10.4. The number of rotatable bonds is 4. The lowest BCUT2D eigenvalue weighted by Gasteiger charge is -2.12. The van der Waals surface area contributed by atoms with Crippen LogP contribution < -0.4 is 10.6 Å². The van der Waals surface area contributed by atoms with Gasteiger partial charge in [-0.05, 0) is 73.4 Å². The van der Waals surface area contributed by atoms with E-state index in [9.17, 15) is 0 Å². The third kappa shape index (κ3) is 5.16. The van der Waals surface area contributed by atoms with Crippen LogP contribution in [0.25, 0.3) is 0 Å². The molecule has 0 atom stereocenters. The molecule has 22 heavy (non-hydrogen) atoms. The molecule has 0 aliphatic rings. The first-order valence-electron chi connectivity index (χ1n) is 7.01. The molecule has 116 valence electrons. The van der Waals surface area contributed by atoms with E-state index in [4.69, 9.17) is 35.4 Å². The first kappa shape index (κ1) is 17.1. The summed E-state index contributed by atoms with van der Waals surface area (Å²) in [7, 11) is 0. The molecular weight excluding hydrogens is 335 g/mol. The van der Waals surface area contributed by atoms with Crippen LogP contribution in [0.1, 0.15) is 16.7 Å². The molecule has 0 spiro atoms. The van der Waals surface area contributed by atoms with Crippen molar-refractivity contribution in [3.8, 4) is 0 Å². The fraction of sp³-hybridized carbons (Fsp3) is 0.235. The molecule has 2 N–H and O–H groups in total. The zero-order valence-corrected chi connectivity index (χ0v) is 14.9. The summed E-state index contributed by atoms with van der Waals surface area (Å²) in [6, 6.07) is 11.8. The Bertz CT molecular complexity index is 666. The monoisotopic (exact) mass is 352 g/mol. The first-order chi connectivity index (χ1) is 10.4. The van der Waals surface area contributed by atoms with Crippen molar-refractivity contribution in [2.75, 3.05) is 11.9 Å². The maximum Gasteiger partial charge on any atom is 0.170 e. The summed E-state index contributed by atoms with van der Waals surface area (Å²) in [5, 5.41) is 8.33. The van der Waals surface area contributed by atoms with E-state index < -0.39 is 0 Å². The summed E-state index contributed by atoms with van der Waals surface area (Å²) in [5.41, 5.74) is 4.46. The number of aryl methyl sites for hydroxylation is 2. The van der Waals surface area contributed by atoms with E-state index in [1.165, 1.54) is 11.1 Å². The molecule has 0 unspecified atom stereocenters. The highest BCUT2D eigenvalue weighted by Gasteiger charge is 2.03. The lowest BCUT2D eigenvalue weighted by atomic mass is 10.1. The minimum absolute atomic E-state index is 0.607. The van der Waals surface area contributed by atoms with Crippen LogP contribution in [0.2, 0.25) is 10.0 Å². The average molecular weight is 353 g/mol. The smallest absolute Gasteiger partial charge is 0.170 e. The van der Waals surface area contributed by atoms with Crippen molar-refractivity contribution in [1.29, 1.82) is 0 Å². The van der Waals surface area contributed by atoms with Crippen molar-refractivity contribution < 1.29 is 0 Å². The maximum absolute atomic E-state index is 6.15. The second-order valence-electron chi connectivity index (χ2n) is 5.24. The predicted molar refractivity (Wildman–Crippen MR) is 100 cm³/mol. The fourth-order valence-electron chi connectivity index (χ4n) is 2.26. The number of anilines is 1. The Morgan fingerprint density at radius 2 is 1.73 bits per heavy atom. The third-order valence-electron chi connectivity index (χ3n) is 3.17. The van der Waals surface area contributed by atoms with E-state index in [0.29, 0.717) is 21.7 Å². The Balaban J connectivity index is 1.85. The minimum Gasteiger partial charge on any atom is -0.362 e. The van der Waals surface area contributed by atoms with Gasteiger partial charge in [-0.3, -0.25) is 0 Å². The van der Waals surface area contributed by atoms with Gasteiger partial charge >= 0.3 is 0 Å². The van der Waals surface area contributed by atoms with Gasteiger partial charge < -0.3 is 10.6 Å². The van der Waals surface area contributed by atoms with E-state index in [-0.39, 0.29) is 0 Å². The first-order valence-corrected chi connectivity index (χ1v) is 8.17. The van der Waals surface area contributed by atoms with Gasteiger partial charge in [0, 0.05) is 22.3 Å². The molecule has 0 bridgehead atoms. The second kappa shape index (κ2) is 7.82. The van der Waals surface area contributed by atoms with Gasteiger partial charge in [-0.25, -0.2) is 0 Å². The van der Waals surface area contributed by atoms with Crippen LogP contribution in [-0.2, 0) is 6.42 Å². The predicted octanol–water partition coefficient (Wildman–Crippen LogP) is 5.14. The van der Waals surface area contributed by atoms with Gasteiger partial charge in [-0.1, -0.05) is 35.3 Å². The highest BCUT2D eigenvalue weighted by Crippen LogP contribution is 2.21. The Labute approximate surface area is 146 Å². The molecule has 0 fully saturated rings. The minimum atomic E-state index is 0.607. The zero-order chi connectivity index (χ0) is 16.1. The molecule has 2 rings (SSSR count). The highest BCUT2D eigenvalue weighted by molar-refractivity contribution is 7.80. The number of nitrogens with one attached hydrogen (secondary N) is 2. The molecule has 0 aliphatic carbocycles. The third-order valence-corrected chi connectivity index (χ3v) is 4.01. The van der Waals surface area contributed by atoms with Gasteiger partial charge in [0.25, 0.3) is 0 Å². The number of hydrogen-bond acceptors (Lipinski definition) is 1. The lowest BCUT2D eigenvalue weighted by Crippen LogP contribution is -2.30. The molecule has 2 nitrogen and oxygen atoms in total. The van der Waals surface area contributed by atoms with E-state index in [1.54, 1.807) is 6.07 Å². The van der Waals surface area contributed by atoms with Crippen LogP contribution in [-0.4, -0.2) is 11.7 Å². The van der Waals surface area contributed by atoms with Crippen molar-refractivity contribution in [2.24, 2.45) is 0 Å². The average Bonchev–Trinajstić information content (AvgIpc) is 2.40. The lowest BCUT2D eigenvalue weighted by molar-refractivity contribution is 0.873. The molecule has 0 radical (unpaired) electrons. The van der Waals surface area contributed by atoms with Gasteiger partial charge in [0.2, 0.25) is 0 Å². The summed E-state index contributed by atoms with van der Waals surface area (Å²) in [6.45, 7) is 4.84. The SMILES string of the molecule is Cc1cc(C)cc(NC(=S)NCCc2ccc(Cl)cc2Cl)c1. The van der Waals surface area contributed by atoms with Crippen molar-refractivity contribution in [3.05, 3.63) is 63.1 Å². The van der Waals surface area contributed by atoms with E-state index >= 15 is 0 Å². The molecule has 0 aliphatic heterocycles. The van der Waals surface area contributed by atoms with Gasteiger partial charge in [-0.15, -0.1) is 0 Å². The number of hydrogen-bond donors (Lipinski definition) is 2. The Kier molecular flexibility index (Phi) is 6.07. The van der Waals surface area contributed by atoms with E-state index in [2.05, 4.69) is 42.7 Å².